The molecule has 0 saturated carbocycles. The van der Waals surface area contributed by atoms with Gasteiger partial charge in [-0.05, 0) is 48.7 Å². The summed E-state index contributed by atoms with van der Waals surface area (Å²) in [7, 11) is 0. The Balaban J connectivity index is 1.69. The second kappa shape index (κ2) is 9.69. The molecule has 152 valence electrons. The summed E-state index contributed by atoms with van der Waals surface area (Å²) >= 11 is 3.39. The minimum atomic E-state index is -0.424. The predicted molar refractivity (Wildman–Crippen MR) is 117 cm³/mol. The lowest BCUT2D eigenvalue weighted by Crippen LogP contribution is -2.35. The molecule has 0 bridgehead atoms. The minimum absolute atomic E-state index is 0.105. The van der Waals surface area contributed by atoms with Crippen molar-refractivity contribution in [3.63, 3.8) is 0 Å². The second-order valence-corrected chi connectivity index (χ2v) is 8.03. The quantitative estimate of drug-likeness (QED) is 0.682. The maximum atomic E-state index is 12.6. The van der Waals surface area contributed by atoms with E-state index in [9.17, 15) is 14.4 Å². The molecule has 3 amide bonds. The fourth-order valence-electron chi connectivity index (χ4n) is 3.42. The van der Waals surface area contributed by atoms with Gasteiger partial charge in [-0.2, -0.15) is 0 Å². The van der Waals surface area contributed by atoms with Crippen molar-refractivity contribution in [2.24, 2.45) is 0 Å². The van der Waals surface area contributed by atoms with Crippen molar-refractivity contribution >= 4 is 45.0 Å². The molecule has 6 nitrogen and oxygen atoms in total. The molecule has 1 aliphatic heterocycles. The maximum Gasteiger partial charge on any atom is 0.226 e. The van der Waals surface area contributed by atoms with Crippen molar-refractivity contribution in [3.8, 4) is 0 Å². The van der Waals surface area contributed by atoms with E-state index in [-0.39, 0.29) is 24.1 Å². The Labute approximate surface area is 178 Å². The summed E-state index contributed by atoms with van der Waals surface area (Å²) < 4.78 is 0.927. The Bertz CT molecular complexity index is 898. The highest BCUT2D eigenvalue weighted by molar-refractivity contribution is 9.10. The molecule has 1 aliphatic rings. The van der Waals surface area contributed by atoms with Crippen LogP contribution in [0.1, 0.15) is 44.2 Å². The lowest BCUT2D eigenvalue weighted by Gasteiger charge is -2.27. The molecule has 0 spiro atoms. The molecule has 2 N–H and O–H groups in total. The highest BCUT2D eigenvalue weighted by Crippen LogP contribution is 2.25. The summed E-state index contributed by atoms with van der Waals surface area (Å²) in [5, 5.41) is 5.72. The number of carbonyl (C=O) groups is 3. The number of hydrogen-bond donors (Lipinski definition) is 2. The third kappa shape index (κ3) is 5.90. The van der Waals surface area contributed by atoms with Gasteiger partial charge in [0, 0.05) is 35.7 Å². The molecule has 2 aromatic rings. The molecule has 7 heteroatoms. The molecule has 29 heavy (non-hydrogen) atoms. The number of nitrogens with one attached hydrogen (secondary N) is 2. The van der Waals surface area contributed by atoms with Gasteiger partial charge in [0.1, 0.15) is 0 Å². The molecule has 1 atom stereocenters. The fraction of sp³-hybridized carbons (Fsp3) is 0.318. The van der Waals surface area contributed by atoms with E-state index in [2.05, 4.69) is 26.6 Å². The van der Waals surface area contributed by atoms with Crippen molar-refractivity contribution in [2.75, 3.05) is 16.8 Å². The van der Waals surface area contributed by atoms with E-state index in [4.69, 9.17) is 0 Å². The SMILES string of the molecule is CC(=O)NC(CC(=O)Nc1cccc(N2CCCCC2=O)c1)c1ccc(Br)cc1. The molecule has 2 aromatic carbocycles. The minimum Gasteiger partial charge on any atom is -0.349 e. The van der Waals surface area contributed by atoms with Crippen LogP contribution in [0.3, 0.4) is 0 Å². The Morgan fingerprint density at radius 3 is 2.59 bits per heavy atom. The average molecular weight is 458 g/mol. The number of piperidine rings is 1. The van der Waals surface area contributed by atoms with Crippen LogP contribution in [0.2, 0.25) is 0 Å². The first-order chi connectivity index (χ1) is 13.9. The van der Waals surface area contributed by atoms with Gasteiger partial charge in [0.15, 0.2) is 0 Å². The van der Waals surface area contributed by atoms with Gasteiger partial charge in [0.2, 0.25) is 17.7 Å². The summed E-state index contributed by atoms with van der Waals surface area (Å²) in [6.45, 7) is 2.13. The fourth-order valence-corrected chi connectivity index (χ4v) is 3.68. The Kier molecular flexibility index (Phi) is 7.04. The molecule has 0 radical (unpaired) electrons. The van der Waals surface area contributed by atoms with E-state index < -0.39 is 6.04 Å². The van der Waals surface area contributed by atoms with Gasteiger partial charge < -0.3 is 15.5 Å². The highest BCUT2D eigenvalue weighted by Gasteiger charge is 2.21. The lowest BCUT2D eigenvalue weighted by molar-refractivity contribution is -0.121. The Hall–Kier alpha value is -2.67. The van der Waals surface area contributed by atoms with E-state index in [1.54, 1.807) is 11.0 Å². The first-order valence-electron chi connectivity index (χ1n) is 9.65. The van der Waals surface area contributed by atoms with E-state index in [1.807, 2.05) is 42.5 Å². The topological polar surface area (TPSA) is 78.5 Å². The molecule has 0 aromatic heterocycles. The summed E-state index contributed by atoms with van der Waals surface area (Å²) in [5.74, 6) is -0.300. The molecule has 1 unspecified atom stereocenters. The number of rotatable bonds is 6. The smallest absolute Gasteiger partial charge is 0.226 e. The van der Waals surface area contributed by atoms with Gasteiger partial charge in [-0.25, -0.2) is 0 Å². The molecule has 1 saturated heterocycles. The van der Waals surface area contributed by atoms with Gasteiger partial charge in [-0.3, -0.25) is 14.4 Å². The van der Waals surface area contributed by atoms with Crippen molar-refractivity contribution in [3.05, 3.63) is 58.6 Å². The maximum absolute atomic E-state index is 12.6. The van der Waals surface area contributed by atoms with Gasteiger partial charge >= 0.3 is 0 Å². The van der Waals surface area contributed by atoms with Gasteiger partial charge in [-0.1, -0.05) is 34.1 Å². The first kappa shape index (κ1) is 21.0. The molecular weight excluding hydrogens is 434 g/mol. The molecule has 3 rings (SSSR count). The van der Waals surface area contributed by atoms with Crippen LogP contribution >= 0.6 is 15.9 Å². The second-order valence-electron chi connectivity index (χ2n) is 7.11. The zero-order valence-corrected chi connectivity index (χ0v) is 17.9. The standard InChI is InChI=1S/C22H24BrN3O3/c1-15(27)24-20(16-8-10-17(23)11-9-16)14-21(28)25-18-5-4-6-19(13-18)26-12-3-2-7-22(26)29/h4-6,8-11,13,20H,2-3,7,12,14H2,1H3,(H,24,27)(H,25,28). The number of hydrogen-bond acceptors (Lipinski definition) is 3. The Morgan fingerprint density at radius 1 is 1.14 bits per heavy atom. The van der Waals surface area contributed by atoms with Crippen LogP contribution < -0.4 is 15.5 Å². The van der Waals surface area contributed by atoms with Crippen LogP contribution in [0.5, 0.6) is 0 Å². The zero-order chi connectivity index (χ0) is 20.8. The summed E-state index contributed by atoms with van der Waals surface area (Å²) in [4.78, 5) is 38.2. The van der Waals surface area contributed by atoms with Gasteiger partial charge in [0.05, 0.1) is 12.5 Å². The van der Waals surface area contributed by atoms with Crippen molar-refractivity contribution in [1.82, 2.24) is 5.32 Å². The predicted octanol–water partition coefficient (Wildman–Crippen LogP) is 4.17. The number of amides is 3. The Morgan fingerprint density at radius 2 is 1.90 bits per heavy atom. The van der Waals surface area contributed by atoms with Crippen LogP contribution in [-0.4, -0.2) is 24.3 Å². The molecular formula is C22H24BrN3O3. The van der Waals surface area contributed by atoms with Crippen LogP contribution in [0, 0.1) is 0 Å². The molecule has 1 heterocycles. The number of anilines is 2. The molecule has 1 fully saturated rings. The van der Waals surface area contributed by atoms with E-state index in [0.29, 0.717) is 18.7 Å². The lowest BCUT2D eigenvalue weighted by atomic mass is 10.0. The summed E-state index contributed by atoms with van der Waals surface area (Å²) in [6.07, 6.45) is 2.57. The number of carbonyl (C=O) groups excluding carboxylic acids is 3. The van der Waals surface area contributed by atoms with Crippen molar-refractivity contribution < 1.29 is 14.4 Å². The number of halogens is 1. The average Bonchev–Trinajstić information content (AvgIpc) is 2.68. The third-order valence-electron chi connectivity index (χ3n) is 4.80. The van der Waals surface area contributed by atoms with E-state index >= 15 is 0 Å². The highest BCUT2D eigenvalue weighted by atomic mass is 79.9. The molecule has 0 aliphatic carbocycles. The zero-order valence-electron chi connectivity index (χ0n) is 16.3. The summed E-state index contributed by atoms with van der Waals surface area (Å²) in [5.41, 5.74) is 2.27. The van der Waals surface area contributed by atoms with Crippen LogP contribution in [-0.2, 0) is 14.4 Å². The van der Waals surface area contributed by atoms with Gasteiger partial charge in [0.25, 0.3) is 0 Å². The van der Waals surface area contributed by atoms with Crippen LogP contribution in [0.25, 0.3) is 0 Å². The van der Waals surface area contributed by atoms with Crippen LogP contribution in [0.4, 0.5) is 11.4 Å². The van der Waals surface area contributed by atoms with E-state index in [1.165, 1.54) is 6.92 Å². The monoisotopic (exact) mass is 457 g/mol. The van der Waals surface area contributed by atoms with Crippen molar-refractivity contribution in [2.45, 2.75) is 38.6 Å². The third-order valence-corrected chi connectivity index (χ3v) is 5.33. The largest absolute Gasteiger partial charge is 0.349 e. The van der Waals surface area contributed by atoms with Crippen LogP contribution in [0.15, 0.2) is 53.0 Å². The normalized spacial score (nSPS) is 15.0. The number of benzene rings is 2. The summed E-state index contributed by atoms with van der Waals surface area (Å²) in [6, 6.07) is 14.4. The van der Waals surface area contributed by atoms with Gasteiger partial charge in [-0.15, -0.1) is 0 Å². The van der Waals surface area contributed by atoms with E-state index in [0.717, 1.165) is 28.6 Å². The van der Waals surface area contributed by atoms with Crippen molar-refractivity contribution in [1.29, 1.82) is 0 Å². The first-order valence-corrected chi connectivity index (χ1v) is 10.4. The number of nitrogens with zero attached hydrogens (tertiary/aromatic N) is 1.